The van der Waals surface area contributed by atoms with Crippen LogP contribution in [0.25, 0.3) is 0 Å². The molecule has 2 heterocycles. The van der Waals surface area contributed by atoms with E-state index >= 15 is 0 Å². The van der Waals surface area contributed by atoms with Crippen molar-refractivity contribution in [1.29, 1.82) is 0 Å². The molecular weight excluding hydrogens is 583 g/mol. The van der Waals surface area contributed by atoms with E-state index in [9.17, 15) is 13.2 Å². The van der Waals surface area contributed by atoms with E-state index in [-0.39, 0.29) is 22.4 Å². The molecule has 1 fully saturated rings. The number of hydrogen-bond donors (Lipinski definition) is 0. The molecule has 1 amide bonds. The number of sulfonamides is 1. The highest BCUT2D eigenvalue weighted by Gasteiger charge is 2.53. The lowest BCUT2D eigenvalue weighted by molar-refractivity contribution is -0.123. The number of benzene rings is 3. The van der Waals surface area contributed by atoms with E-state index in [2.05, 4.69) is 56.6 Å². The van der Waals surface area contributed by atoms with Crippen molar-refractivity contribution in [3.8, 4) is 0 Å². The van der Waals surface area contributed by atoms with Gasteiger partial charge in [0.15, 0.2) is 5.13 Å². The number of thiazole rings is 1. The van der Waals surface area contributed by atoms with Gasteiger partial charge in [-0.2, -0.15) is 0 Å². The molecule has 0 bridgehead atoms. The number of carbonyl (C=O) groups is 1. The summed E-state index contributed by atoms with van der Waals surface area (Å²) in [4.78, 5) is 19.9. The monoisotopic (exact) mass is 617 g/mol. The SMILES string of the molecule is C=CCN(c1nccs1)S(=O)(=O)c1ccc(N2CCC(O[Si](c3ccccc3)(c3ccccc3)C(C)(C)C)C2=O)cc1. The molecule has 1 aliphatic rings. The zero-order chi connectivity index (χ0) is 30.0. The first-order valence-electron chi connectivity index (χ1n) is 13.8. The predicted molar refractivity (Wildman–Crippen MR) is 173 cm³/mol. The lowest BCUT2D eigenvalue weighted by atomic mass is 10.2. The van der Waals surface area contributed by atoms with Gasteiger partial charge < -0.3 is 9.33 Å². The van der Waals surface area contributed by atoms with Crippen LogP contribution < -0.4 is 19.6 Å². The maximum absolute atomic E-state index is 13.9. The minimum atomic E-state index is -3.87. The van der Waals surface area contributed by atoms with Gasteiger partial charge in [0, 0.05) is 23.8 Å². The normalized spacial score (nSPS) is 16.0. The molecule has 1 unspecified atom stereocenters. The molecule has 0 N–H and O–H groups in total. The summed E-state index contributed by atoms with van der Waals surface area (Å²) in [5.74, 6) is -0.116. The van der Waals surface area contributed by atoms with Gasteiger partial charge in [-0.25, -0.2) is 17.7 Å². The second-order valence-electron chi connectivity index (χ2n) is 11.2. The third-order valence-corrected chi connectivity index (χ3v) is 15.3. The van der Waals surface area contributed by atoms with Gasteiger partial charge in [0.2, 0.25) is 0 Å². The number of aromatic nitrogens is 1. The molecule has 1 aliphatic heterocycles. The summed E-state index contributed by atoms with van der Waals surface area (Å²) >= 11 is 1.24. The van der Waals surface area contributed by atoms with E-state index < -0.39 is 24.4 Å². The van der Waals surface area contributed by atoms with Crippen LogP contribution in [0.4, 0.5) is 10.8 Å². The number of rotatable bonds is 10. The molecule has 7 nitrogen and oxygen atoms in total. The summed E-state index contributed by atoms with van der Waals surface area (Å²) in [6.45, 7) is 10.9. The molecule has 3 aromatic carbocycles. The van der Waals surface area contributed by atoms with Gasteiger partial charge in [-0.15, -0.1) is 17.9 Å². The summed E-state index contributed by atoms with van der Waals surface area (Å²) in [6, 6.07) is 27.0. The number of hydrogen-bond acceptors (Lipinski definition) is 6. The van der Waals surface area contributed by atoms with E-state index in [1.807, 2.05) is 36.4 Å². The molecule has 5 rings (SSSR count). The highest BCUT2D eigenvalue weighted by Crippen LogP contribution is 2.39. The molecule has 0 aliphatic carbocycles. The fourth-order valence-electron chi connectivity index (χ4n) is 5.58. The average Bonchev–Trinajstić information content (AvgIpc) is 3.65. The minimum Gasteiger partial charge on any atom is -0.395 e. The first-order chi connectivity index (χ1) is 20.1. The molecule has 1 aromatic heterocycles. The average molecular weight is 618 g/mol. The Morgan fingerprint density at radius 2 is 1.62 bits per heavy atom. The zero-order valence-electron chi connectivity index (χ0n) is 24.0. The first kappa shape index (κ1) is 29.9. The number of carbonyl (C=O) groups excluding carboxylic acids is 1. The van der Waals surface area contributed by atoms with Crippen LogP contribution in [0.1, 0.15) is 27.2 Å². The van der Waals surface area contributed by atoms with Gasteiger partial charge in [0.1, 0.15) is 6.10 Å². The minimum absolute atomic E-state index is 0.101. The van der Waals surface area contributed by atoms with E-state index in [4.69, 9.17) is 4.43 Å². The van der Waals surface area contributed by atoms with Gasteiger partial charge in [-0.3, -0.25) is 4.79 Å². The van der Waals surface area contributed by atoms with E-state index in [0.29, 0.717) is 23.8 Å². The van der Waals surface area contributed by atoms with Crippen LogP contribution in [0.5, 0.6) is 0 Å². The third-order valence-electron chi connectivity index (χ3n) is 7.56. The van der Waals surface area contributed by atoms with Crippen LogP contribution in [0.15, 0.2) is 114 Å². The highest BCUT2D eigenvalue weighted by atomic mass is 32.2. The first-order valence-corrected chi connectivity index (χ1v) is 18.1. The lowest BCUT2D eigenvalue weighted by Crippen LogP contribution is -2.68. The Morgan fingerprint density at radius 3 is 2.12 bits per heavy atom. The standard InChI is InChI=1S/C32H35N3O4S2Si/c1-5-22-35(31-33-21-24-40-31)41(37,38)26-18-16-25(17-19-26)34-23-20-29(30(34)36)39-42(32(2,3)4,27-12-8-6-9-13-27)28-14-10-7-11-15-28/h5-19,21,24,29H,1,20,22-23H2,2-4H3. The zero-order valence-corrected chi connectivity index (χ0v) is 26.6. The van der Waals surface area contributed by atoms with Crippen molar-refractivity contribution in [3.63, 3.8) is 0 Å². The Morgan fingerprint density at radius 1 is 1.02 bits per heavy atom. The molecule has 1 saturated heterocycles. The molecular formula is C32H35N3O4S2Si. The quantitative estimate of drug-likeness (QED) is 0.180. The van der Waals surface area contributed by atoms with Crippen molar-refractivity contribution in [3.05, 3.63) is 109 Å². The predicted octanol–water partition coefficient (Wildman–Crippen LogP) is 5.21. The Kier molecular flexibility index (Phi) is 8.52. The largest absolute Gasteiger partial charge is 0.395 e. The molecule has 1 atom stereocenters. The van der Waals surface area contributed by atoms with Crippen LogP contribution in [0.2, 0.25) is 5.04 Å². The molecule has 218 valence electrons. The van der Waals surface area contributed by atoms with Gasteiger partial charge in [-0.1, -0.05) is 87.5 Å². The maximum Gasteiger partial charge on any atom is 0.266 e. The van der Waals surface area contributed by atoms with Crippen molar-refractivity contribution >= 4 is 56.8 Å². The molecule has 0 radical (unpaired) electrons. The lowest BCUT2D eigenvalue weighted by Gasteiger charge is -2.44. The van der Waals surface area contributed by atoms with Crippen molar-refractivity contribution in [1.82, 2.24) is 4.98 Å². The van der Waals surface area contributed by atoms with Crippen molar-refractivity contribution in [2.45, 2.75) is 43.2 Å². The van der Waals surface area contributed by atoms with Gasteiger partial charge >= 0.3 is 0 Å². The molecule has 42 heavy (non-hydrogen) atoms. The Hall–Kier alpha value is -3.57. The summed E-state index contributed by atoms with van der Waals surface area (Å²) in [5, 5.41) is 4.09. The van der Waals surface area contributed by atoms with Gasteiger partial charge in [0.05, 0.1) is 11.4 Å². The van der Waals surface area contributed by atoms with Crippen LogP contribution in [0.3, 0.4) is 0 Å². The Balaban J connectivity index is 1.43. The third kappa shape index (κ3) is 5.47. The van der Waals surface area contributed by atoms with Gasteiger partial charge in [-0.05, 0) is 46.1 Å². The van der Waals surface area contributed by atoms with E-state index in [1.165, 1.54) is 33.9 Å². The second-order valence-corrected chi connectivity index (χ2v) is 18.2. The smallest absolute Gasteiger partial charge is 0.266 e. The summed E-state index contributed by atoms with van der Waals surface area (Å²) in [5.41, 5.74) is 0.636. The van der Waals surface area contributed by atoms with Crippen molar-refractivity contribution < 1.29 is 17.6 Å². The van der Waals surface area contributed by atoms with Gasteiger partial charge in [0.25, 0.3) is 24.2 Å². The maximum atomic E-state index is 13.9. The number of nitrogens with zero attached hydrogens (tertiary/aromatic N) is 3. The molecule has 0 saturated carbocycles. The summed E-state index contributed by atoms with van der Waals surface area (Å²) in [6.07, 6.45) is 3.02. The molecule has 10 heteroatoms. The van der Waals surface area contributed by atoms with Crippen LogP contribution in [-0.4, -0.2) is 46.8 Å². The summed E-state index contributed by atoms with van der Waals surface area (Å²) < 4.78 is 35.2. The van der Waals surface area contributed by atoms with E-state index in [0.717, 1.165) is 10.4 Å². The second kappa shape index (κ2) is 12.0. The molecule has 4 aromatic rings. The Labute approximate surface area is 253 Å². The topological polar surface area (TPSA) is 79.8 Å². The van der Waals surface area contributed by atoms with Crippen molar-refractivity contribution in [2.75, 3.05) is 22.3 Å². The fourth-order valence-corrected chi connectivity index (χ4v) is 12.5. The van der Waals surface area contributed by atoms with Crippen LogP contribution in [-0.2, 0) is 19.2 Å². The highest BCUT2D eigenvalue weighted by molar-refractivity contribution is 7.93. The van der Waals surface area contributed by atoms with Crippen LogP contribution in [0, 0.1) is 0 Å². The molecule has 0 spiro atoms. The number of anilines is 2. The van der Waals surface area contributed by atoms with Crippen molar-refractivity contribution in [2.24, 2.45) is 0 Å². The summed E-state index contributed by atoms with van der Waals surface area (Å²) in [7, 11) is -6.78. The fraction of sp³-hybridized carbons (Fsp3) is 0.250. The Bertz CT molecular complexity index is 1580. The van der Waals surface area contributed by atoms with Crippen LogP contribution >= 0.6 is 11.3 Å². The number of amides is 1. The van der Waals surface area contributed by atoms with E-state index in [1.54, 1.807) is 28.6 Å².